The molecule has 3 aromatic rings. The van der Waals surface area contributed by atoms with Crippen LogP contribution in [0, 0.1) is 6.92 Å². The number of carboxylic acids is 2. The first-order valence-electron chi connectivity index (χ1n) is 6.19. The van der Waals surface area contributed by atoms with Crippen LogP contribution in [0.2, 0.25) is 0 Å². The number of phenolic OH excluding ortho intramolecular Hbond substituents is 1. The van der Waals surface area contributed by atoms with Gasteiger partial charge in [-0.05, 0) is 18.6 Å². The summed E-state index contributed by atoms with van der Waals surface area (Å²) < 4.78 is 5.44. The Morgan fingerprint density at radius 3 is 2.18 bits per heavy atom. The zero-order valence-electron chi connectivity index (χ0n) is 11.2. The van der Waals surface area contributed by atoms with Crippen molar-refractivity contribution in [3.63, 3.8) is 0 Å². The molecule has 7 nitrogen and oxygen atoms in total. The van der Waals surface area contributed by atoms with E-state index < -0.39 is 17.7 Å². The van der Waals surface area contributed by atoms with Crippen LogP contribution in [-0.4, -0.2) is 32.4 Å². The van der Waals surface area contributed by atoms with Gasteiger partial charge in [-0.3, -0.25) is 0 Å². The first-order chi connectivity index (χ1) is 10.3. The number of hydrogen-bond donors (Lipinski definition) is 4. The molecule has 3 rings (SSSR count). The molecule has 0 bridgehead atoms. The van der Waals surface area contributed by atoms with Gasteiger partial charge in [0.05, 0.1) is 5.56 Å². The molecule has 0 saturated heterocycles. The lowest BCUT2D eigenvalue weighted by atomic mass is 9.98. The van der Waals surface area contributed by atoms with Gasteiger partial charge in [0.1, 0.15) is 28.2 Å². The van der Waals surface area contributed by atoms with E-state index in [0.29, 0.717) is 0 Å². The summed E-state index contributed by atoms with van der Waals surface area (Å²) in [6, 6.07) is 3.42. The average Bonchev–Trinajstić information content (AvgIpc) is 2.74. The van der Waals surface area contributed by atoms with Crippen molar-refractivity contribution < 1.29 is 34.4 Å². The van der Waals surface area contributed by atoms with Gasteiger partial charge in [0, 0.05) is 22.9 Å². The standard InChI is InChI=1S/C15H10O7/c1-5-11(15(20)21)8(17)4-10-12(5)13-7(14(18)19)2-6(16)3-9(13)22-10/h2-4,16-17H,1H3,(H,18,19)(H,20,21). The summed E-state index contributed by atoms with van der Waals surface area (Å²) in [5.41, 5.74) is -0.103. The number of fused-ring (bicyclic) bond motifs is 3. The molecule has 7 heteroatoms. The van der Waals surface area contributed by atoms with Gasteiger partial charge < -0.3 is 24.8 Å². The van der Waals surface area contributed by atoms with Crippen molar-refractivity contribution in [1.82, 2.24) is 0 Å². The minimum Gasteiger partial charge on any atom is -0.508 e. The van der Waals surface area contributed by atoms with Crippen molar-refractivity contribution in [1.29, 1.82) is 0 Å². The third-order valence-corrected chi connectivity index (χ3v) is 3.52. The summed E-state index contributed by atoms with van der Waals surface area (Å²) in [4.78, 5) is 22.7. The van der Waals surface area contributed by atoms with E-state index in [2.05, 4.69) is 0 Å². The molecule has 0 amide bonds. The zero-order chi connectivity index (χ0) is 16.2. The SMILES string of the molecule is Cc1c(C(=O)O)c(O)cc2oc3cc(O)cc(C(=O)O)c3c12. The third kappa shape index (κ3) is 1.76. The van der Waals surface area contributed by atoms with Crippen LogP contribution in [0.1, 0.15) is 26.3 Å². The molecule has 0 fully saturated rings. The first kappa shape index (κ1) is 13.7. The second-order valence-corrected chi connectivity index (χ2v) is 4.85. The fraction of sp³-hybridized carbons (Fsp3) is 0.0667. The maximum absolute atomic E-state index is 11.4. The lowest BCUT2D eigenvalue weighted by molar-refractivity contribution is 0.0685. The van der Waals surface area contributed by atoms with Crippen LogP contribution in [-0.2, 0) is 0 Å². The van der Waals surface area contributed by atoms with Crippen LogP contribution in [0.4, 0.5) is 0 Å². The largest absolute Gasteiger partial charge is 0.508 e. The Bertz CT molecular complexity index is 965. The Hall–Kier alpha value is -3.22. The fourth-order valence-corrected chi connectivity index (χ4v) is 2.66. The minimum atomic E-state index is -1.33. The molecule has 0 saturated carbocycles. The van der Waals surface area contributed by atoms with E-state index in [1.807, 2.05) is 0 Å². The zero-order valence-corrected chi connectivity index (χ0v) is 11.2. The number of aromatic hydroxyl groups is 2. The Labute approximate surface area is 122 Å². The van der Waals surface area contributed by atoms with Gasteiger partial charge in [0.2, 0.25) is 0 Å². The number of aryl methyl sites for hydroxylation is 1. The van der Waals surface area contributed by atoms with E-state index in [9.17, 15) is 30.0 Å². The summed E-state index contributed by atoms with van der Waals surface area (Å²) in [5, 5.41) is 38.3. The van der Waals surface area contributed by atoms with Gasteiger partial charge in [0.25, 0.3) is 0 Å². The smallest absolute Gasteiger partial charge is 0.339 e. The number of carboxylic acid groups (broad SMARTS) is 2. The molecular formula is C15H10O7. The van der Waals surface area contributed by atoms with E-state index in [1.54, 1.807) is 0 Å². The monoisotopic (exact) mass is 302 g/mol. The molecule has 0 radical (unpaired) electrons. The molecule has 4 N–H and O–H groups in total. The molecule has 0 spiro atoms. The second kappa shape index (κ2) is 4.39. The van der Waals surface area contributed by atoms with E-state index in [1.165, 1.54) is 13.0 Å². The van der Waals surface area contributed by atoms with E-state index in [4.69, 9.17) is 4.42 Å². The summed E-state index contributed by atoms with van der Waals surface area (Å²) in [5.74, 6) is -3.38. The van der Waals surface area contributed by atoms with Crippen LogP contribution < -0.4 is 0 Å². The summed E-state index contributed by atoms with van der Waals surface area (Å²) in [6.07, 6.45) is 0. The van der Waals surface area contributed by atoms with Gasteiger partial charge in [-0.15, -0.1) is 0 Å². The molecule has 112 valence electrons. The van der Waals surface area contributed by atoms with Crippen LogP contribution in [0.25, 0.3) is 21.9 Å². The predicted octanol–water partition coefficient (Wildman–Crippen LogP) is 2.70. The van der Waals surface area contributed by atoms with Crippen molar-refractivity contribution in [2.75, 3.05) is 0 Å². The first-order valence-corrected chi connectivity index (χ1v) is 6.19. The van der Waals surface area contributed by atoms with Crippen molar-refractivity contribution in [3.05, 3.63) is 34.9 Å². The third-order valence-electron chi connectivity index (χ3n) is 3.52. The number of furan rings is 1. The van der Waals surface area contributed by atoms with Gasteiger partial charge >= 0.3 is 11.9 Å². The lowest BCUT2D eigenvalue weighted by Gasteiger charge is -2.06. The predicted molar refractivity (Wildman–Crippen MR) is 75.7 cm³/mol. The highest BCUT2D eigenvalue weighted by Gasteiger charge is 2.23. The molecule has 0 aliphatic heterocycles. The quantitative estimate of drug-likeness (QED) is 0.572. The van der Waals surface area contributed by atoms with Crippen LogP contribution in [0.15, 0.2) is 22.6 Å². The summed E-state index contributed by atoms with van der Waals surface area (Å²) >= 11 is 0. The summed E-state index contributed by atoms with van der Waals surface area (Å²) in [7, 11) is 0. The van der Waals surface area contributed by atoms with Crippen LogP contribution in [0.3, 0.4) is 0 Å². The van der Waals surface area contributed by atoms with E-state index in [-0.39, 0.29) is 44.4 Å². The molecule has 22 heavy (non-hydrogen) atoms. The lowest BCUT2D eigenvalue weighted by Crippen LogP contribution is -2.01. The van der Waals surface area contributed by atoms with E-state index >= 15 is 0 Å². The molecule has 0 aliphatic rings. The number of hydrogen-bond acceptors (Lipinski definition) is 5. The Kier molecular flexibility index (Phi) is 2.74. The molecule has 1 heterocycles. The van der Waals surface area contributed by atoms with E-state index in [0.717, 1.165) is 12.1 Å². The molecule has 0 unspecified atom stereocenters. The highest BCUT2D eigenvalue weighted by atomic mass is 16.4. The Morgan fingerprint density at radius 2 is 1.59 bits per heavy atom. The van der Waals surface area contributed by atoms with Crippen molar-refractivity contribution in [2.24, 2.45) is 0 Å². The Balaban J connectivity index is 2.61. The van der Waals surface area contributed by atoms with Gasteiger partial charge in [-0.1, -0.05) is 0 Å². The minimum absolute atomic E-state index is 0.0949. The number of rotatable bonds is 2. The molecule has 0 aliphatic carbocycles. The number of carbonyl (C=O) groups is 2. The second-order valence-electron chi connectivity index (χ2n) is 4.85. The number of aromatic carboxylic acids is 2. The maximum Gasteiger partial charge on any atom is 0.339 e. The van der Waals surface area contributed by atoms with Gasteiger partial charge in [-0.2, -0.15) is 0 Å². The van der Waals surface area contributed by atoms with Gasteiger partial charge in [0.15, 0.2) is 0 Å². The molecule has 0 atom stereocenters. The number of benzene rings is 2. The molecule has 1 aromatic heterocycles. The van der Waals surface area contributed by atoms with Crippen molar-refractivity contribution in [2.45, 2.75) is 6.92 Å². The van der Waals surface area contributed by atoms with Crippen LogP contribution >= 0.6 is 0 Å². The Morgan fingerprint density at radius 1 is 0.955 bits per heavy atom. The van der Waals surface area contributed by atoms with Crippen molar-refractivity contribution >= 4 is 33.9 Å². The molecule has 2 aromatic carbocycles. The fourth-order valence-electron chi connectivity index (χ4n) is 2.66. The van der Waals surface area contributed by atoms with Crippen LogP contribution in [0.5, 0.6) is 11.5 Å². The summed E-state index contributed by atoms with van der Waals surface area (Å²) in [6.45, 7) is 1.46. The highest BCUT2D eigenvalue weighted by molar-refractivity contribution is 6.18. The average molecular weight is 302 g/mol. The maximum atomic E-state index is 11.4. The van der Waals surface area contributed by atoms with Gasteiger partial charge in [-0.25, -0.2) is 9.59 Å². The highest BCUT2D eigenvalue weighted by Crippen LogP contribution is 2.39. The normalized spacial score (nSPS) is 11.1. The molecular weight excluding hydrogens is 292 g/mol. The topological polar surface area (TPSA) is 128 Å². The van der Waals surface area contributed by atoms with Crippen molar-refractivity contribution in [3.8, 4) is 11.5 Å². The number of phenols is 2.